The Balaban J connectivity index is 2.34. The highest BCUT2D eigenvalue weighted by molar-refractivity contribution is 14.1. The number of halogens is 1. The van der Waals surface area contributed by atoms with Gasteiger partial charge in [0.05, 0.1) is 4.05 Å². The normalized spacial score (nSPS) is 28.6. The van der Waals surface area contributed by atoms with Crippen molar-refractivity contribution in [1.29, 1.82) is 0 Å². The van der Waals surface area contributed by atoms with Crippen molar-refractivity contribution >= 4 is 28.6 Å². The van der Waals surface area contributed by atoms with Gasteiger partial charge in [0.2, 0.25) is 0 Å². The molecule has 1 unspecified atom stereocenters. The summed E-state index contributed by atoms with van der Waals surface area (Å²) in [6.45, 7) is 0.805. The second-order valence-electron chi connectivity index (χ2n) is 1.66. The number of hydrogen-bond acceptors (Lipinski definition) is 1. The van der Waals surface area contributed by atoms with E-state index in [9.17, 15) is 4.79 Å². The van der Waals surface area contributed by atoms with E-state index in [1.165, 1.54) is 0 Å². The van der Waals surface area contributed by atoms with Gasteiger partial charge in [0.1, 0.15) is 0 Å². The smallest absolute Gasteiger partial charge is 0.315 e. The molecule has 46 valence electrons. The lowest BCUT2D eigenvalue weighted by Crippen LogP contribution is -2.46. The molecule has 1 aliphatic rings. The molecule has 1 saturated heterocycles. The molecule has 0 saturated carbocycles. The number of rotatable bonds is 0. The molecule has 1 rings (SSSR count). The van der Waals surface area contributed by atoms with Crippen molar-refractivity contribution in [3.63, 3.8) is 0 Å². The van der Waals surface area contributed by atoms with Crippen LogP contribution in [0.5, 0.6) is 0 Å². The molecule has 0 bridgehead atoms. The molecule has 3 nitrogen and oxygen atoms in total. The van der Waals surface area contributed by atoms with Crippen molar-refractivity contribution in [2.75, 3.05) is 6.54 Å². The Morgan fingerprint density at radius 1 is 1.75 bits per heavy atom. The van der Waals surface area contributed by atoms with Crippen molar-refractivity contribution in [3.05, 3.63) is 0 Å². The number of hydrogen-bond donors (Lipinski definition) is 2. The van der Waals surface area contributed by atoms with E-state index in [1.807, 2.05) is 0 Å². The van der Waals surface area contributed by atoms with E-state index in [-0.39, 0.29) is 6.03 Å². The van der Waals surface area contributed by atoms with Gasteiger partial charge in [0.15, 0.2) is 0 Å². The first-order valence-corrected chi connectivity index (χ1v) is 3.72. The van der Waals surface area contributed by atoms with Crippen molar-refractivity contribution in [1.82, 2.24) is 10.6 Å². The maximum absolute atomic E-state index is 10.4. The number of amides is 2. The van der Waals surface area contributed by atoms with E-state index >= 15 is 0 Å². The average Bonchev–Trinajstić information content (AvgIpc) is 1.64. The molecule has 0 aliphatic carbocycles. The molecule has 0 aromatic rings. The van der Waals surface area contributed by atoms with E-state index in [4.69, 9.17) is 0 Å². The molecule has 4 heteroatoms. The highest BCUT2D eigenvalue weighted by Crippen LogP contribution is 2.02. The molecule has 0 spiro atoms. The lowest BCUT2D eigenvalue weighted by atomic mass is 10.4. The number of carbonyl (C=O) groups is 1. The summed E-state index contributed by atoms with van der Waals surface area (Å²) in [7, 11) is 0. The molecule has 1 aliphatic heterocycles. The van der Waals surface area contributed by atoms with Crippen molar-refractivity contribution < 1.29 is 4.79 Å². The lowest BCUT2D eigenvalue weighted by Gasteiger charge is -2.18. The lowest BCUT2D eigenvalue weighted by molar-refractivity contribution is 0.235. The summed E-state index contributed by atoms with van der Waals surface area (Å²) >= 11 is 2.20. The topological polar surface area (TPSA) is 41.1 Å². The van der Waals surface area contributed by atoms with Crippen LogP contribution < -0.4 is 10.6 Å². The third-order valence-corrected chi connectivity index (χ3v) is 1.91. The Kier molecular flexibility index (Phi) is 1.93. The van der Waals surface area contributed by atoms with Crippen LogP contribution in [0.4, 0.5) is 4.79 Å². The Labute approximate surface area is 61.4 Å². The molecule has 0 aromatic carbocycles. The minimum absolute atomic E-state index is 0.0457. The van der Waals surface area contributed by atoms with E-state index < -0.39 is 0 Å². The molecule has 2 amide bonds. The van der Waals surface area contributed by atoms with Crippen LogP contribution in [0.2, 0.25) is 0 Å². The molecule has 0 radical (unpaired) electrons. The van der Waals surface area contributed by atoms with Gasteiger partial charge in [-0.1, -0.05) is 22.6 Å². The fraction of sp³-hybridized carbons (Fsp3) is 0.750. The van der Waals surface area contributed by atoms with E-state index in [2.05, 4.69) is 33.2 Å². The minimum atomic E-state index is -0.0457. The molecular formula is C4H7IN2O. The minimum Gasteiger partial charge on any atom is -0.338 e. The quantitative estimate of drug-likeness (QED) is 0.351. The van der Waals surface area contributed by atoms with Gasteiger partial charge >= 0.3 is 6.03 Å². The maximum Gasteiger partial charge on any atom is 0.315 e. The molecule has 1 atom stereocenters. The van der Waals surface area contributed by atoms with Crippen LogP contribution in [0.3, 0.4) is 0 Å². The Morgan fingerprint density at radius 3 is 2.88 bits per heavy atom. The zero-order chi connectivity index (χ0) is 5.98. The van der Waals surface area contributed by atoms with Gasteiger partial charge in [-0.05, 0) is 6.42 Å². The van der Waals surface area contributed by atoms with Crippen LogP contribution in [0.1, 0.15) is 6.42 Å². The first kappa shape index (κ1) is 6.12. The molecule has 1 fully saturated rings. The molecule has 1 heterocycles. The second kappa shape index (κ2) is 2.52. The van der Waals surface area contributed by atoms with E-state index in [0.29, 0.717) is 4.05 Å². The summed E-state index contributed by atoms with van der Waals surface area (Å²) in [5.74, 6) is 0. The van der Waals surface area contributed by atoms with Crippen LogP contribution in [0.15, 0.2) is 0 Å². The van der Waals surface area contributed by atoms with Crippen LogP contribution in [-0.4, -0.2) is 16.6 Å². The van der Waals surface area contributed by atoms with Gasteiger partial charge in [-0.2, -0.15) is 0 Å². The summed E-state index contributed by atoms with van der Waals surface area (Å²) in [4.78, 5) is 10.4. The van der Waals surface area contributed by atoms with Crippen molar-refractivity contribution in [3.8, 4) is 0 Å². The monoisotopic (exact) mass is 226 g/mol. The third-order valence-electron chi connectivity index (χ3n) is 0.971. The van der Waals surface area contributed by atoms with E-state index in [0.717, 1.165) is 13.0 Å². The predicted octanol–water partition coefficient (Wildman–Crippen LogP) is 0.450. The Bertz CT molecular complexity index is 106. The summed E-state index contributed by atoms with van der Waals surface area (Å²) < 4.78 is 0.321. The second-order valence-corrected chi connectivity index (χ2v) is 3.16. The van der Waals surface area contributed by atoms with Gasteiger partial charge in [-0.3, -0.25) is 0 Å². The maximum atomic E-state index is 10.4. The molecular weight excluding hydrogens is 219 g/mol. The first-order valence-electron chi connectivity index (χ1n) is 2.47. The summed E-state index contributed by atoms with van der Waals surface area (Å²) in [5, 5.41) is 5.37. The third kappa shape index (κ3) is 1.50. The van der Waals surface area contributed by atoms with Gasteiger partial charge in [0, 0.05) is 6.54 Å². The molecule has 8 heavy (non-hydrogen) atoms. The fourth-order valence-corrected chi connectivity index (χ4v) is 1.17. The summed E-state index contributed by atoms with van der Waals surface area (Å²) in [5.41, 5.74) is 0. The molecule has 2 N–H and O–H groups in total. The van der Waals surface area contributed by atoms with Crippen LogP contribution in [-0.2, 0) is 0 Å². The largest absolute Gasteiger partial charge is 0.338 e. The SMILES string of the molecule is O=C1NCCC(I)N1. The van der Waals surface area contributed by atoms with Gasteiger partial charge < -0.3 is 10.6 Å². The average molecular weight is 226 g/mol. The number of alkyl halides is 1. The van der Waals surface area contributed by atoms with Gasteiger partial charge in [0.25, 0.3) is 0 Å². The van der Waals surface area contributed by atoms with Crippen LogP contribution in [0.25, 0.3) is 0 Å². The number of urea groups is 1. The molecule has 0 aromatic heterocycles. The van der Waals surface area contributed by atoms with Gasteiger partial charge in [-0.25, -0.2) is 4.79 Å². The highest BCUT2D eigenvalue weighted by atomic mass is 127. The number of carbonyl (C=O) groups excluding carboxylic acids is 1. The summed E-state index contributed by atoms with van der Waals surface area (Å²) in [6, 6.07) is -0.0457. The predicted molar refractivity (Wildman–Crippen MR) is 39.0 cm³/mol. The van der Waals surface area contributed by atoms with Crippen molar-refractivity contribution in [2.24, 2.45) is 0 Å². The Morgan fingerprint density at radius 2 is 2.50 bits per heavy atom. The first-order chi connectivity index (χ1) is 3.79. The van der Waals surface area contributed by atoms with Gasteiger partial charge in [-0.15, -0.1) is 0 Å². The summed E-state index contributed by atoms with van der Waals surface area (Å²) in [6.07, 6.45) is 1.02. The number of nitrogens with one attached hydrogen (secondary N) is 2. The highest BCUT2D eigenvalue weighted by Gasteiger charge is 2.12. The van der Waals surface area contributed by atoms with Crippen LogP contribution >= 0.6 is 22.6 Å². The zero-order valence-electron chi connectivity index (χ0n) is 4.28. The van der Waals surface area contributed by atoms with Crippen LogP contribution in [0, 0.1) is 0 Å². The zero-order valence-corrected chi connectivity index (χ0v) is 6.44. The standard InChI is InChI=1S/C4H7IN2O/c5-3-1-2-6-4(8)7-3/h3H,1-2H2,(H2,6,7,8). The fourth-order valence-electron chi connectivity index (χ4n) is 0.578. The van der Waals surface area contributed by atoms with Crippen molar-refractivity contribution in [2.45, 2.75) is 10.5 Å². The Hall–Kier alpha value is -0.0000000000000000555. The van der Waals surface area contributed by atoms with E-state index in [1.54, 1.807) is 0 Å².